The summed E-state index contributed by atoms with van der Waals surface area (Å²) in [6.07, 6.45) is 6.47. The van der Waals surface area contributed by atoms with E-state index in [-0.39, 0.29) is 0 Å². The van der Waals surface area contributed by atoms with Crippen LogP contribution in [0.25, 0.3) is 0 Å². The van der Waals surface area contributed by atoms with E-state index in [1.807, 2.05) is 30.3 Å². The van der Waals surface area contributed by atoms with Gasteiger partial charge in [0.05, 0.1) is 13.2 Å². The smallest absolute Gasteiger partial charge is 0.147 e. The zero-order chi connectivity index (χ0) is 12.2. The van der Waals surface area contributed by atoms with Gasteiger partial charge in [-0.3, -0.25) is 0 Å². The van der Waals surface area contributed by atoms with Gasteiger partial charge in [-0.15, -0.1) is 0 Å². The summed E-state index contributed by atoms with van der Waals surface area (Å²) in [5.41, 5.74) is 1.18. The molecule has 0 fully saturated rings. The summed E-state index contributed by atoms with van der Waals surface area (Å²) in [4.78, 5) is 0. The molecular formula is C14H19IO2. The maximum absolute atomic E-state index is 5.40. The standard InChI is InChI=1S/C14H19IO2/c15-10-6-1-2-7-11-16-13-17-12-14-8-4-3-5-9-14/h1-5,8-9H,6-7,10-13H2. The molecule has 0 aliphatic heterocycles. The Morgan fingerprint density at radius 2 is 1.76 bits per heavy atom. The van der Waals surface area contributed by atoms with Gasteiger partial charge in [-0.1, -0.05) is 65.1 Å². The van der Waals surface area contributed by atoms with E-state index in [2.05, 4.69) is 34.7 Å². The van der Waals surface area contributed by atoms with Crippen LogP contribution in [0.3, 0.4) is 0 Å². The molecule has 0 amide bonds. The second-order valence-corrected chi connectivity index (χ2v) is 4.68. The Balaban J connectivity index is 1.91. The topological polar surface area (TPSA) is 18.5 Å². The number of benzene rings is 1. The number of alkyl halides is 1. The highest BCUT2D eigenvalue weighted by molar-refractivity contribution is 14.1. The molecule has 0 aromatic heterocycles. The Hall–Kier alpha value is -0.390. The summed E-state index contributed by atoms with van der Waals surface area (Å²) in [7, 11) is 0. The van der Waals surface area contributed by atoms with Crippen molar-refractivity contribution in [1.82, 2.24) is 0 Å². The highest BCUT2D eigenvalue weighted by Crippen LogP contribution is 2.00. The van der Waals surface area contributed by atoms with Crippen molar-refractivity contribution in [2.75, 3.05) is 17.8 Å². The molecule has 0 aliphatic carbocycles. The average molecular weight is 346 g/mol. The molecule has 0 bridgehead atoms. The largest absolute Gasteiger partial charge is 0.355 e. The number of ether oxygens (including phenoxy) is 2. The van der Waals surface area contributed by atoms with Gasteiger partial charge in [-0.2, -0.15) is 0 Å². The Morgan fingerprint density at radius 1 is 1.00 bits per heavy atom. The highest BCUT2D eigenvalue weighted by Gasteiger charge is 1.91. The van der Waals surface area contributed by atoms with Gasteiger partial charge in [0.2, 0.25) is 0 Å². The van der Waals surface area contributed by atoms with Crippen LogP contribution in [-0.2, 0) is 16.1 Å². The number of halogens is 1. The third-order valence-electron chi connectivity index (χ3n) is 2.15. The van der Waals surface area contributed by atoms with Crippen molar-refractivity contribution in [2.45, 2.75) is 19.4 Å². The van der Waals surface area contributed by atoms with Crippen molar-refractivity contribution in [3.8, 4) is 0 Å². The van der Waals surface area contributed by atoms with Gasteiger partial charge in [-0.25, -0.2) is 0 Å². The van der Waals surface area contributed by atoms with Crippen molar-refractivity contribution in [2.24, 2.45) is 0 Å². The average Bonchev–Trinajstić information content (AvgIpc) is 2.38. The lowest BCUT2D eigenvalue weighted by molar-refractivity contribution is -0.0600. The third-order valence-corrected chi connectivity index (χ3v) is 2.77. The van der Waals surface area contributed by atoms with Gasteiger partial charge in [0, 0.05) is 4.43 Å². The van der Waals surface area contributed by atoms with E-state index in [9.17, 15) is 0 Å². The predicted molar refractivity (Wildman–Crippen MR) is 79.3 cm³/mol. The van der Waals surface area contributed by atoms with Gasteiger partial charge < -0.3 is 9.47 Å². The van der Waals surface area contributed by atoms with E-state index in [0.717, 1.165) is 19.4 Å². The normalized spacial score (nSPS) is 11.1. The van der Waals surface area contributed by atoms with Crippen molar-refractivity contribution < 1.29 is 9.47 Å². The lowest BCUT2D eigenvalue weighted by Gasteiger charge is -2.04. The van der Waals surface area contributed by atoms with Gasteiger partial charge in [0.25, 0.3) is 0 Å². The molecule has 17 heavy (non-hydrogen) atoms. The Bertz CT molecular complexity index is 298. The van der Waals surface area contributed by atoms with Crippen molar-refractivity contribution in [3.63, 3.8) is 0 Å². The molecule has 0 atom stereocenters. The van der Waals surface area contributed by atoms with E-state index >= 15 is 0 Å². The predicted octanol–water partition coefficient (Wildman–Crippen LogP) is 3.95. The molecule has 1 aromatic rings. The number of rotatable bonds is 9. The first-order valence-electron chi connectivity index (χ1n) is 5.84. The van der Waals surface area contributed by atoms with Gasteiger partial charge in [0.1, 0.15) is 6.79 Å². The van der Waals surface area contributed by atoms with Gasteiger partial charge in [-0.05, 0) is 18.4 Å². The molecule has 94 valence electrons. The molecule has 0 N–H and O–H groups in total. The summed E-state index contributed by atoms with van der Waals surface area (Å²) in [6, 6.07) is 10.1. The fourth-order valence-electron chi connectivity index (χ4n) is 1.30. The van der Waals surface area contributed by atoms with Crippen molar-refractivity contribution in [3.05, 3.63) is 48.0 Å². The molecule has 0 heterocycles. The molecule has 0 spiro atoms. The molecule has 1 rings (SSSR count). The van der Waals surface area contributed by atoms with Crippen LogP contribution in [-0.4, -0.2) is 17.8 Å². The first kappa shape index (κ1) is 14.7. The Kier molecular flexibility index (Phi) is 9.27. The quantitative estimate of drug-likeness (QED) is 0.222. The summed E-state index contributed by atoms with van der Waals surface area (Å²) in [5.74, 6) is 0. The first-order chi connectivity index (χ1) is 8.43. The number of allylic oxidation sites excluding steroid dienone is 1. The fraction of sp³-hybridized carbons (Fsp3) is 0.429. The van der Waals surface area contributed by atoms with Crippen LogP contribution in [0.15, 0.2) is 42.5 Å². The van der Waals surface area contributed by atoms with E-state index in [1.54, 1.807) is 0 Å². The van der Waals surface area contributed by atoms with E-state index in [4.69, 9.17) is 9.47 Å². The fourth-order valence-corrected chi connectivity index (χ4v) is 1.66. The lowest BCUT2D eigenvalue weighted by Crippen LogP contribution is -2.01. The van der Waals surface area contributed by atoms with E-state index in [1.165, 1.54) is 9.99 Å². The molecule has 0 saturated carbocycles. The second-order valence-electron chi connectivity index (χ2n) is 3.60. The molecule has 0 saturated heterocycles. The molecule has 1 aromatic carbocycles. The highest BCUT2D eigenvalue weighted by atomic mass is 127. The maximum atomic E-state index is 5.40. The third kappa shape index (κ3) is 8.35. The minimum absolute atomic E-state index is 0.370. The first-order valence-corrected chi connectivity index (χ1v) is 7.36. The van der Waals surface area contributed by atoms with Crippen molar-refractivity contribution >= 4 is 22.6 Å². The van der Waals surface area contributed by atoms with Crippen LogP contribution < -0.4 is 0 Å². The summed E-state index contributed by atoms with van der Waals surface area (Å²) < 4.78 is 11.9. The van der Waals surface area contributed by atoms with Crippen LogP contribution >= 0.6 is 22.6 Å². The van der Waals surface area contributed by atoms with Gasteiger partial charge >= 0.3 is 0 Å². The molecule has 0 radical (unpaired) electrons. The van der Waals surface area contributed by atoms with E-state index < -0.39 is 0 Å². The van der Waals surface area contributed by atoms with Crippen molar-refractivity contribution in [1.29, 1.82) is 0 Å². The Labute approximate surface area is 117 Å². The van der Waals surface area contributed by atoms with Crippen LogP contribution in [0.5, 0.6) is 0 Å². The minimum Gasteiger partial charge on any atom is -0.355 e. The van der Waals surface area contributed by atoms with E-state index in [0.29, 0.717) is 13.4 Å². The maximum Gasteiger partial charge on any atom is 0.147 e. The molecule has 3 heteroatoms. The van der Waals surface area contributed by atoms with Crippen LogP contribution in [0, 0.1) is 0 Å². The van der Waals surface area contributed by atoms with Gasteiger partial charge in [0.15, 0.2) is 0 Å². The SMILES string of the molecule is ICCC=CCCOCOCc1ccccc1. The summed E-state index contributed by atoms with van der Waals surface area (Å²) in [5, 5.41) is 0. The number of hydrogen-bond donors (Lipinski definition) is 0. The zero-order valence-electron chi connectivity index (χ0n) is 9.98. The summed E-state index contributed by atoms with van der Waals surface area (Å²) in [6.45, 7) is 1.72. The lowest BCUT2D eigenvalue weighted by atomic mass is 10.2. The van der Waals surface area contributed by atoms with Crippen LogP contribution in [0.1, 0.15) is 18.4 Å². The zero-order valence-corrected chi connectivity index (χ0v) is 12.1. The number of hydrogen-bond acceptors (Lipinski definition) is 2. The minimum atomic E-state index is 0.370. The molecule has 0 aliphatic rings. The monoisotopic (exact) mass is 346 g/mol. The Morgan fingerprint density at radius 3 is 2.53 bits per heavy atom. The molecule has 2 nitrogen and oxygen atoms in total. The molecule has 0 unspecified atom stereocenters. The van der Waals surface area contributed by atoms with Crippen LogP contribution in [0.2, 0.25) is 0 Å². The second kappa shape index (κ2) is 10.7. The molecular weight excluding hydrogens is 327 g/mol. The van der Waals surface area contributed by atoms with Crippen LogP contribution in [0.4, 0.5) is 0 Å². The summed E-state index contributed by atoms with van der Waals surface area (Å²) >= 11 is 2.37.